The van der Waals surface area contributed by atoms with Gasteiger partial charge in [0, 0.05) is 19.6 Å². The zero-order valence-electron chi connectivity index (χ0n) is 12.7. The molecule has 0 radical (unpaired) electrons. The SMILES string of the molecule is Br.FC(F)(F)COc1cccc(CCNC2=NCCCCN2)c1. The van der Waals surface area contributed by atoms with Gasteiger partial charge in [-0.1, -0.05) is 12.1 Å². The molecule has 0 saturated carbocycles. The van der Waals surface area contributed by atoms with Crippen molar-refractivity contribution in [1.82, 2.24) is 10.6 Å². The average molecular weight is 396 g/mol. The van der Waals surface area contributed by atoms with E-state index in [2.05, 4.69) is 15.6 Å². The molecule has 1 aliphatic heterocycles. The summed E-state index contributed by atoms with van der Waals surface area (Å²) in [5, 5.41) is 6.41. The number of benzene rings is 1. The molecule has 23 heavy (non-hydrogen) atoms. The maximum atomic E-state index is 12.1. The Morgan fingerprint density at radius 2 is 2.09 bits per heavy atom. The van der Waals surface area contributed by atoms with Gasteiger partial charge in [-0.05, 0) is 37.0 Å². The first kappa shape index (κ1) is 19.6. The van der Waals surface area contributed by atoms with E-state index in [9.17, 15) is 13.2 Å². The lowest BCUT2D eigenvalue weighted by Crippen LogP contribution is -2.38. The maximum Gasteiger partial charge on any atom is 0.422 e. The molecule has 0 atom stereocenters. The van der Waals surface area contributed by atoms with Crippen LogP contribution < -0.4 is 15.4 Å². The lowest BCUT2D eigenvalue weighted by atomic mass is 10.1. The van der Waals surface area contributed by atoms with Crippen LogP contribution in [0.25, 0.3) is 0 Å². The summed E-state index contributed by atoms with van der Waals surface area (Å²) in [4.78, 5) is 4.37. The first-order valence-corrected chi connectivity index (χ1v) is 7.34. The monoisotopic (exact) mass is 395 g/mol. The highest BCUT2D eigenvalue weighted by molar-refractivity contribution is 8.93. The molecule has 8 heteroatoms. The van der Waals surface area contributed by atoms with Gasteiger partial charge in [0.15, 0.2) is 12.6 Å². The van der Waals surface area contributed by atoms with E-state index in [4.69, 9.17) is 4.74 Å². The van der Waals surface area contributed by atoms with Gasteiger partial charge >= 0.3 is 6.18 Å². The van der Waals surface area contributed by atoms with Crippen LogP contribution in [0.2, 0.25) is 0 Å². The molecule has 0 fully saturated rings. The maximum absolute atomic E-state index is 12.1. The average Bonchev–Trinajstić information content (AvgIpc) is 2.74. The van der Waals surface area contributed by atoms with Gasteiger partial charge in [0.1, 0.15) is 5.75 Å². The van der Waals surface area contributed by atoms with E-state index in [0.717, 1.165) is 37.5 Å². The van der Waals surface area contributed by atoms with Gasteiger partial charge in [-0.2, -0.15) is 13.2 Å². The minimum atomic E-state index is -4.32. The second kappa shape index (κ2) is 9.64. The molecule has 0 bridgehead atoms. The van der Waals surface area contributed by atoms with Gasteiger partial charge in [-0.15, -0.1) is 17.0 Å². The molecule has 0 aliphatic carbocycles. The molecule has 0 saturated heterocycles. The van der Waals surface area contributed by atoms with Gasteiger partial charge in [-0.25, -0.2) is 0 Å². The van der Waals surface area contributed by atoms with Crippen LogP contribution in [0.3, 0.4) is 0 Å². The Labute approximate surface area is 144 Å². The summed E-state index contributed by atoms with van der Waals surface area (Å²) in [6.07, 6.45) is -1.45. The van der Waals surface area contributed by atoms with Crippen LogP contribution in [-0.2, 0) is 6.42 Å². The third kappa shape index (κ3) is 8.11. The zero-order valence-corrected chi connectivity index (χ0v) is 14.4. The fraction of sp³-hybridized carbons (Fsp3) is 0.533. The standard InChI is InChI=1S/C15H20F3N3O.BrH/c16-15(17,18)11-22-13-5-3-4-12(10-13)6-9-21-14-19-7-1-2-8-20-14;/h3-5,10H,1-2,6-9,11H2,(H2,19,20,21);1H. The van der Waals surface area contributed by atoms with Crippen LogP contribution in [-0.4, -0.2) is 38.4 Å². The number of guanidine groups is 1. The molecule has 0 aromatic heterocycles. The number of alkyl halides is 3. The number of aliphatic imine (C=N–C) groups is 1. The van der Waals surface area contributed by atoms with E-state index in [-0.39, 0.29) is 22.7 Å². The van der Waals surface area contributed by atoms with E-state index in [1.54, 1.807) is 12.1 Å². The van der Waals surface area contributed by atoms with Gasteiger partial charge in [-0.3, -0.25) is 4.99 Å². The smallest absolute Gasteiger partial charge is 0.422 e. The normalized spacial score (nSPS) is 14.8. The van der Waals surface area contributed by atoms with E-state index in [0.29, 0.717) is 13.0 Å². The first-order valence-electron chi connectivity index (χ1n) is 7.34. The molecular formula is C15H21BrF3N3O. The quantitative estimate of drug-likeness (QED) is 0.804. The van der Waals surface area contributed by atoms with E-state index in [1.165, 1.54) is 6.07 Å². The number of hydrogen-bond donors (Lipinski definition) is 2. The molecule has 1 aliphatic rings. The molecule has 2 rings (SSSR count). The predicted octanol–water partition coefficient (Wildman–Crippen LogP) is 3.08. The minimum Gasteiger partial charge on any atom is -0.484 e. The van der Waals surface area contributed by atoms with E-state index < -0.39 is 12.8 Å². The number of nitrogens with one attached hydrogen (secondary N) is 2. The summed E-state index contributed by atoms with van der Waals surface area (Å²) in [5.41, 5.74) is 0.918. The highest BCUT2D eigenvalue weighted by atomic mass is 79.9. The van der Waals surface area contributed by atoms with Gasteiger partial charge in [0.05, 0.1) is 0 Å². The number of ether oxygens (including phenoxy) is 1. The van der Waals surface area contributed by atoms with Crippen LogP contribution >= 0.6 is 17.0 Å². The fourth-order valence-electron chi connectivity index (χ4n) is 2.09. The Morgan fingerprint density at radius 3 is 2.87 bits per heavy atom. The molecular weight excluding hydrogens is 375 g/mol. The van der Waals surface area contributed by atoms with Crippen molar-refractivity contribution < 1.29 is 17.9 Å². The third-order valence-electron chi connectivity index (χ3n) is 3.15. The highest BCUT2D eigenvalue weighted by Gasteiger charge is 2.28. The number of rotatable bonds is 5. The summed E-state index contributed by atoms with van der Waals surface area (Å²) in [6, 6.07) is 6.72. The Bertz CT molecular complexity index is 509. The molecule has 2 N–H and O–H groups in total. The molecule has 1 aromatic carbocycles. The summed E-state index contributed by atoms with van der Waals surface area (Å²) < 4.78 is 41.1. The molecule has 4 nitrogen and oxygen atoms in total. The summed E-state index contributed by atoms with van der Waals surface area (Å²) in [7, 11) is 0. The fourth-order valence-corrected chi connectivity index (χ4v) is 2.09. The largest absolute Gasteiger partial charge is 0.484 e. The second-order valence-electron chi connectivity index (χ2n) is 5.09. The van der Waals surface area contributed by atoms with Crippen molar-refractivity contribution in [3.8, 4) is 5.75 Å². The first-order chi connectivity index (χ1) is 10.5. The topological polar surface area (TPSA) is 45.6 Å². The molecule has 1 aromatic rings. The van der Waals surface area contributed by atoms with Crippen molar-refractivity contribution in [1.29, 1.82) is 0 Å². The number of halogens is 4. The zero-order chi connectivity index (χ0) is 15.8. The van der Waals surface area contributed by atoms with Crippen LogP contribution in [0, 0.1) is 0 Å². The van der Waals surface area contributed by atoms with Crippen LogP contribution in [0.1, 0.15) is 18.4 Å². The van der Waals surface area contributed by atoms with E-state index in [1.807, 2.05) is 6.07 Å². The summed E-state index contributed by atoms with van der Waals surface area (Å²) >= 11 is 0. The Hall–Kier alpha value is -1.44. The molecule has 0 unspecified atom stereocenters. The van der Waals surface area contributed by atoms with Crippen molar-refractivity contribution in [3.63, 3.8) is 0 Å². The van der Waals surface area contributed by atoms with Crippen LogP contribution in [0.4, 0.5) is 13.2 Å². The number of nitrogens with zero attached hydrogens (tertiary/aromatic N) is 1. The van der Waals surface area contributed by atoms with Crippen molar-refractivity contribution in [2.75, 3.05) is 26.2 Å². The summed E-state index contributed by atoms with van der Waals surface area (Å²) in [6.45, 7) is 1.12. The van der Waals surface area contributed by atoms with Crippen LogP contribution in [0.15, 0.2) is 29.3 Å². The molecule has 1 heterocycles. The molecule has 130 valence electrons. The van der Waals surface area contributed by atoms with Gasteiger partial charge in [0.2, 0.25) is 0 Å². The number of hydrogen-bond acceptors (Lipinski definition) is 4. The van der Waals surface area contributed by atoms with Crippen molar-refractivity contribution in [3.05, 3.63) is 29.8 Å². The van der Waals surface area contributed by atoms with Crippen molar-refractivity contribution >= 4 is 22.9 Å². The van der Waals surface area contributed by atoms with E-state index >= 15 is 0 Å². The van der Waals surface area contributed by atoms with Crippen molar-refractivity contribution in [2.24, 2.45) is 4.99 Å². The van der Waals surface area contributed by atoms with Crippen molar-refractivity contribution in [2.45, 2.75) is 25.4 Å². The van der Waals surface area contributed by atoms with Gasteiger partial charge < -0.3 is 15.4 Å². The second-order valence-corrected chi connectivity index (χ2v) is 5.09. The molecule has 0 amide bonds. The third-order valence-corrected chi connectivity index (χ3v) is 3.15. The van der Waals surface area contributed by atoms with Crippen LogP contribution in [0.5, 0.6) is 5.75 Å². The Balaban J connectivity index is 0.00000264. The lowest BCUT2D eigenvalue weighted by molar-refractivity contribution is -0.153. The highest BCUT2D eigenvalue weighted by Crippen LogP contribution is 2.19. The van der Waals surface area contributed by atoms with Gasteiger partial charge in [0.25, 0.3) is 0 Å². The Kier molecular flexibility index (Phi) is 8.22. The predicted molar refractivity (Wildman–Crippen MR) is 89.6 cm³/mol. The summed E-state index contributed by atoms with van der Waals surface area (Å²) in [5.74, 6) is 1.03. The lowest BCUT2D eigenvalue weighted by Gasteiger charge is -2.12. The minimum absolute atomic E-state index is 0. The Morgan fingerprint density at radius 1 is 1.26 bits per heavy atom. The molecule has 0 spiro atoms.